The van der Waals surface area contributed by atoms with Crippen LogP contribution in [0.3, 0.4) is 0 Å². The van der Waals surface area contributed by atoms with Crippen LogP contribution in [0.5, 0.6) is 0 Å². The minimum atomic E-state index is 0.131. The summed E-state index contributed by atoms with van der Waals surface area (Å²) in [4.78, 5) is 23.7. The molecule has 4 rings (SSSR count). The molecule has 1 unspecified atom stereocenters. The summed E-state index contributed by atoms with van der Waals surface area (Å²) in [5.41, 5.74) is 8.75. The third-order valence-corrected chi connectivity index (χ3v) is 5.66. The predicted octanol–water partition coefficient (Wildman–Crippen LogP) is 2.93. The van der Waals surface area contributed by atoms with E-state index in [1.807, 2.05) is 11.8 Å². The Balaban J connectivity index is 1.50. The van der Waals surface area contributed by atoms with Gasteiger partial charge in [0.15, 0.2) is 0 Å². The summed E-state index contributed by atoms with van der Waals surface area (Å²) in [5.74, 6) is 2.80. The molecule has 0 radical (unpaired) electrons. The molecule has 1 atom stereocenters. The molecule has 138 valence electrons. The number of carbonyl (C=O) groups is 1. The van der Waals surface area contributed by atoms with E-state index >= 15 is 0 Å². The first-order valence-corrected chi connectivity index (χ1v) is 9.59. The maximum atomic E-state index is 13.2. The standard InChI is InChI=1S/C20H26N4O2/c1-13-18(15-6-2-3-7-17(15)26-13)20(25)24-10-4-5-14(12-24)11-16-19(21)23-9-8-22-16/h8-9,14H,2-7,10-12H2,1H3,(H2,21,23). The SMILES string of the molecule is Cc1oc2c(c1C(=O)N1CCCC(Cc3nccnc3N)C1)CCCC2. The average Bonchev–Trinajstić information content (AvgIpc) is 2.99. The van der Waals surface area contributed by atoms with Crippen molar-refractivity contribution in [2.45, 2.75) is 51.9 Å². The fraction of sp³-hybridized carbons (Fsp3) is 0.550. The van der Waals surface area contributed by atoms with Gasteiger partial charge in [-0.1, -0.05) is 0 Å². The molecule has 2 aliphatic rings. The van der Waals surface area contributed by atoms with Gasteiger partial charge >= 0.3 is 0 Å². The summed E-state index contributed by atoms with van der Waals surface area (Å²) < 4.78 is 5.90. The lowest BCUT2D eigenvalue weighted by Crippen LogP contribution is -2.41. The second-order valence-corrected chi connectivity index (χ2v) is 7.49. The number of nitrogen functional groups attached to an aromatic ring is 1. The Labute approximate surface area is 153 Å². The molecule has 1 fully saturated rings. The lowest BCUT2D eigenvalue weighted by Gasteiger charge is -2.33. The Bertz CT molecular complexity index is 814. The van der Waals surface area contributed by atoms with Crippen LogP contribution >= 0.6 is 0 Å². The second-order valence-electron chi connectivity index (χ2n) is 7.49. The average molecular weight is 354 g/mol. The topological polar surface area (TPSA) is 85.2 Å². The van der Waals surface area contributed by atoms with Gasteiger partial charge in [0.05, 0.1) is 11.3 Å². The lowest BCUT2D eigenvalue weighted by molar-refractivity contribution is 0.0670. The molecule has 1 aliphatic heterocycles. The van der Waals surface area contributed by atoms with Gasteiger partial charge in [-0.15, -0.1) is 0 Å². The first kappa shape index (κ1) is 17.1. The molecule has 1 aliphatic carbocycles. The Morgan fingerprint density at radius 3 is 2.92 bits per heavy atom. The zero-order chi connectivity index (χ0) is 18.1. The molecule has 1 amide bonds. The summed E-state index contributed by atoms with van der Waals surface area (Å²) in [6, 6.07) is 0. The molecule has 0 saturated carbocycles. The number of amides is 1. The molecule has 2 N–H and O–H groups in total. The van der Waals surface area contributed by atoms with Crippen molar-refractivity contribution in [1.29, 1.82) is 0 Å². The van der Waals surface area contributed by atoms with Crippen LogP contribution in [-0.4, -0.2) is 33.9 Å². The van der Waals surface area contributed by atoms with Crippen molar-refractivity contribution in [3.63, 3.8) is 0 Å². The summed E-state index contributed by atoms with van der Waals surface area (Å²) in [7, 11) is 0. The van der Waals surface area contributed by atoms with Crippen molar-refractivity contribution in [3.8, 4) is 0 Å². The van der Waals surface area contributed by atoms with Gasteiger partial charge < -0.3 is 15.1 Å². The van der Waals surface area contributed by atoms with E-state index in [0.29, 0.717) is 11.7 Å². The Morgan fingerprint density at radius 2 is 2.08 bits per heavy atom. The Hall–Kier alpha value is -2.37. The van der Waals surface area contributed by atoms with E-state index in [9.17, 15) is 4.79 Å². The number of aromatic nitrogens is 2. The van der Waals surface area contributed by atoms with Crippen molar-refractivity contribution in [3.05, 3.63) is 40.7 Å². The maximum absolute atomic E-state index is 13.2. The molecule has 26 heavy (non-hydrogen) atoms. The van der Waals surface area contributed by atoms with Gasteiger partial charge in [-0.25, -0.2) is 4.98 Å². The molecule has 6 nitrogen and oxygen atoms in total. The largest absolute Gasteiger partial charge is 0.465 e. The van der Waals surface area contributed by atoms with Crippen LogP contribution in [0, 0.1) is 12.8 Å². The van der Waals surface area contributed by atoms with Crippen molar-refractivity contribution in [1.82, 2.24) is 14.9 Å². The Kier molecular flexibility index (Phi) is 4.66. The van der Waals surface area contributed by atoms with E-state index in [0.717, 1.165) is 86.4 Å². The van der Waals surface area contributed by atoms with E-state index < -0.39 is 0 Å². The Morgan fingerprint density at radius 1 is 1.27 bits per heavy atom. The van der Waals surface area contributed by atoms with Gasteiger partial charge in [-0.3, -0.25) is 9.78 Å². The van der Waals surface area contributed by atoms with Gasteiger partial charge in [0, 0.05) is 37.5 Å². The molecule has 1 saturated heterocycles. The van der Waals surface area contributed by atoms with Crippen LogP contribution in [0.25, 0.3) is 0 Å². The predicted molar refractivity (Wildman–Crippen MR) is 98.9 cm³/mol. The minimum absolute atomic E-state index is 0.131. The van der Waals surface area contributed by atoms with Gasteiger partial charge in [-0.05, 0) is 51.4 Å². The summed E-state index contributed by atoms with van der Waals surface area (Å²) in [6.07, 6.45) is 10.4. The molecule has 0 aromatic carbocycles. The quantitative estimate of drug-likeness (QED) is 0.916. The first-order valence-electron chi connectivity index (χ1n) is 9.59. The summed E-state index contributed by atoms with van der Waals surface area (Å²) in [6.45, 7) is 3.48. The molecule has 0 spiro atoms. The minimum Gasteiger partial charge on any atom is -0.465 e. The number of furan rings is 1. The van der Waals surface area contributed by atoms with Crippen LogP contribution in [-0.2, 0) is 19.3 Å². The number of piperidine rings is 1. The van der Waals surface area contributed by atoms with Gasteiger partial charge in [0.1, 0.15) is 17.3 Å². The van der Waals surface area contributed by atoms with E-state index in [4.69, 9.17) is 10.2 Å². The third-order valence-electron chi connectivity index (χ3n) is 5.66. The van der Waals surface area contributed by atoms with Crippen molar-refractivity contribution in [2.75, 3.05) is 18.8 Å². The zero-order valence-corrected chi connectivity index (χ0v) is 15.3. The number of nitrogens with two attached hydrogens (primary N) is 1. The van der Waals surface area contributed by atoms with Crippen LogP contribution in [0.4, 0.5) is 5.82 Å². The number of anilines is 1. The number of aryl methyl sites for hydroxylation is 2. The smallest absolute Gasteiger partial charge is 0.257 e. The molecule has 3 heterocycles. The molecular weight excluding hydrogens is 328 g/mol. The van der Waals surface area contributed by atoms with Crippen molar-refractivity contribution >= 4 is 11.7 Å². The molecule has 0 bridgehead atoms. The highest BCUT2D eigenvalue weighted by Gasteiger charge is 2.31. The summed E-state index contributed by atoms with van der Waals surface area (Å²) in [5, 5.41) is 0. The molecule has 2 aromatic heterocycles. The highest BCUT2D eigenvalue weighted by Crippen LogP contribution is 2.31. The lowest BCUT2D eigenvalue weighted by atomic mass is 9.91. The zero-order valence-electron chi connectivity index (χ0n) is 15.3. The normalized spacial score (nSPS) is 20.0. The second kappa shape index (κ2) is 7.09. The van der Waals surface area contributed by atoms with E-state index in [1.54, 1.807) is 12.4 Å². The van der Waals surface area contributed by atoms with Crippen LogP contribution in [0.15, 0.2) is 16.8 Å². The van der Waals surface area contributed by atoms with Gasteiger partial charge in [-0.2, -0.15) is 0 Å². The molecule has 2 aromatic rings. The molecular formula is C20H26N4O2. The fourth-order valence-electron chi connectivity index (χ4n) is 4.37. The van der Waals surface area contributed by atoms with Crippen LogP contribution in [0.2, 0.25) is 0 Å². The number of rotatable bonds is 3. The summed E-state index contributed by atoms with van der Waals surface area (Å²) >= 11 is 0. The third kappa shape index (κ3) is 3.20. The number of fused-ring (bicyclic) bond motifs is 1. The maximum Gasteiger partial charge on any atom is 0.257 e. The number of carbonyl (C=O) groups excluding carboxylic acids is 1. The number of hydrogen-bond acceptors (Lipinski definition) is 5. The van der Waals surface area contributed by atoms with Crippen molar-refractivity contribution in [2.24, 2.45) is 5.92 Å². The number of nitrogens with zero attached hydrogens (tertiary/aromatic N) is 3. The first-order chi connectivity index (χ1) is 12.6. The molecule has 6 heteroatoms. The van der Waals surface area contributed by atoms with E-state index in [1.165, 1.54) is 0 Å². The highest BCUT2D eigenvalue weighted by molar-refractivity contribution is 5.97. The monoisotopic (exact) mass is 354 g/mol. The van der Waals surface area contributed by atoms with E-state index in [-0.39, 0.29) is 5.91 Å². The van der Waals surface area contributed by atoms with Gasteiger partial charge in [0.25, 0.3) is 5.91 Å². The number of hydrogen-bond donors (Lipinski definition) is 1. The van der Waals surface area contributed by atoms with Gasteiger partial charge in [0.2, 0.25) is 0 Å². The van der Waals surface area contributed by atoms with Crippen LogP contribution in [0.1, 0.15) is 58.8 Å². The number of likely N-dealkylation sites (tertiary alicyclic amines) is 1. The fourth-order valence-corrected chi connectivity index (χ4v) is 4.37. The van der Waals surface area contributed by atoms with Crippen LogP contribution < -0.4 is 5.73 Å². The van der Waals surface area contributed by atoms with E-state index in [2.05, 4.69) is 9.97 Å². The van der Waals surface area contributed by atoms with Crippen molar-refractivity contribution < 1.29 is 9.21 Å². The highest BCUT2D eigenvalue weighted by atomic mass is 16.3.